The van der Waals surface area contributed by atoms with Gasteiger partial charge in [0.1, 0.15) is 0 Å². The maximum absolute atomic E-state index is 10.8. The van der Waals surface area contributed by atoms with E-state index in [0.29, 0.717) is 10.6 Å². The van der Waals surface area contributed by atoms with E-state index in [1.54, 1.807) is 11.4 Å². The van der Waals surface area contributed by atoms with Crippen LogP contribution in [0.5, 0.6) is 0 Å². The van der Waals surface area contributed by atoms with Crippen LogP contribution in [0, 0.1) is 0 Å². The Labute approximate surface area is 69.8 Å². The van der Waals surface area contributed by atoms with Crippen molar-refractivity contribution in [3.8, 4) is 0 Å². The van der Waals surface area contributed by atoms with Gasteiger partial charge >= 0.3 is 0 Å². The maximum Gasteiger partial charge on any atom is 0.151 e. The van der Waals surface area contributed by atoms with E-state index in [-0.39, 0.29) is 5.75 Å². The summed E-state index contributed by atoms with van der Waals surface area (Å²) < 4.78 is 21.6. The summed E-state index contributed by atoms with van der Waals surface area (Å²) >= 11 is 1.36. The molecule has 1 aromatic heterocycles. The molecular weight excluding hydrogens is 182 g/mol. The summed E-state index contributed by atoms with van der Waals surface area (Å²) in [4.78, 5) is 0. The predicted molar refractivity (Wildman–Crippen MR) is 47.3 cm³/mol. The first kappa shape index (κ1) is 8.55. The summed E-state index contributed by atoms with van der Waals surface area (Å²) in [5, 5.41) is 2.38. The van der Waals surface area contributed by atoms with Gasteiger partial charge < -0.3 is 5.73 Å². The van der Waals surface area contributed by atoms with Crippen LogP contribution in [0.4, 0.5) is 5.00 Å². The van der Waals surface area contributed by atoms with Crippen molar-refractivity contribution in [1.29, 1.82) is 0 Å². The Morgan fingerprint density at radius 2 is 2.27 bits per heavy atom. The van der Waals surface area contributed by atoms with Crippen molar-refractivity contribution in [1.82, 2.24) is 0 Å². The lowest BCUT2D eigenvalue weighted by Gasteiger charge is -1.95. The molecule has 0 aliphatic carbocycles. The first-order valence-corrected chi connectivity index (χ1v) is 5.92. The lowest BCUT2D eigenvalue weighted by Crippen LogP contribution is -2.01. The largest absolute Gasteiger partial charge is 0.390 e. The molecule has 11 heavy (non-hydrogen) atoms. The molecular formula is C6H9NO2S2. The Bertz CT molecular complexity index is 339. The number of hydrogen-bond donors (Lipinski definition) is 1. The molecule has 0 spiro atoms. The molecule has 0 amide bonds. The van der Waals surface area contributed by atoms with E-state index in [1.165, 1.54) is 17.6 Å². The summed E-state index contributed by atoms with van der Waals surface area (Å²) in [6, 6.07) is 1.74. The van der Waals surface area contributed by atoms with E-state index in [0.717, 1.165) is 0 Å². The first-order chi connectivity index (χ1) is 4.99. The van der Waals surface area contributed by atoms with Crippen molar-refractivity contribution in [2.45, 2.75) is 5.75 Å². The number of hydrogen-bond acceptors (Lipinski definition) is 4. The fourth-order valence-corrected chi connectivity index (χ4v) is 2.33. The van der Waals surface area contributed by atoms with E-state index < -0.39 is 9.84 Å². The highest BCUT2D eigenvalue weighted by Gasteiger charge is 2.07. The summed E-state index contributed by atoms with van der Waals surface area (Å²) in [5.74, 6) is 0.0440. The second kappa shape index (κ2) is 2.83. The summed E-state index contributed by atoms with van der Waals surface area (Å²) in [5.41, 5.74) is 6.21. The standard InChI is InChI=1S/C6H9NO2S2/c1-11(8,9)4-5-2-3-10-6(5)7/h2-3H,4,7H2,1H3. The van der Waals surface area contributed by atoms with Gasteiger partial charge in [-0.2, -0.15) is 0 Å². The van der Waals surface area contributed by atoms with Gasteiger partial charge in [-0.25, -0.2) is 8.42 Å². The van der Waals surface area contributed by atoms with Gasteiger partial charge in [-0.05, 0) is 11.4 Å². The maximum atomic E-state index is 10.8. The molecule has 0 fully saturated rings. The van der Waals surface area contributed by atoms with Crippen molar-refractivity contribution < 1.29 is 8.42 Å². The third kappa shape index (κ3) is 2.51. The minimum Gasteiger partial charge on any atom is -0.390 e. The zero-order valence-electron chi connectivity index (χ0n) is 6.07. The smallest absolute Gasteiger partial charge is 0.151 e. The van der Waals surface area contributed by atoms with Gasteiger partial charge in [-0.1, -0.05) is 0 Å². The van der Waals surface area contributed by atoms with Gasteiger partial charge in [0.2, 0.25) is 0 Å². The number of sulfone groups is 1. The van der Waals surface area contributed by atoms with Crippen LogP contribution in [-0.2, 0) is 15.6 Å². The topological polar surface area (TPSA) is 60.2 Å². The van der Waals surface area contributed by atoms with Crippen LogP contribution in [0.2, 0.25) is 0 Å². The van der Waals surface area contributed by atoms with Crippen LogP contribution in [0.15, 0.2) is 11.4 Å². The Kier molecular flexibility index (Phi) is 2.20. The average molecular weight is 191 g/mol. The summed E-state index contributed by atoms with van der Waals surface area (Å²) in [6.45, 7) is 0. The molecule has 2 N–H and O–H groups in total. The van der Waals surface area contributed by atoms with Gasteiger partial charge in [-0.15, -0.1) is 11.3 Å². The van der Waals surface area contributed by atoms with Crippen molar-refractivity contribution in [3.63, 3.8) is 0 Å². The normalized spacial score (nSPS) is 11.7. The molecule has 0 saturated carbocycles. The molecule has 0 aliphatic heterocycles. The van der Waals surface area contributed by atoms with Gasteiger partial charge in [-0.3, -0.25) is 0 Å². The predicted octanol–water partition coefficient (Wildman–Crippen LogP) is 0.875. The minimum atomic E-state index is -2.94. The Morgan fingerprint density at radius 1 is 1.64 bits per heavy atom. The molecule has 1 aromatic rings. The average Bonchev–Trinajstić information content (AvgIpc) is 2.12. The second-order valence-corrected chi connectivity index (χ2v) is 5.47. The Hall–Kier alpha value is -0.550. The second-order valence-electron chi connectivity index (χ2n) is 2.38. The van der Waals surface area contributed by atoms with Gasteiger partial charge in [0, 0.05) is 11.8 Å². The quantitative estimate of drug-likeness (QED) is 0.754. The van der Waals surface area contributed by atoms with Crippen LogP contribution in [0.1, 0.15) is 5.56 Å². The number of nitrogen functional groups attached to an aromatic ring is 1. The molecule has 1 heterocycles. The molecule has 0 unspecified atom stereocenters. The highest BCUT2D eigenvalue weighted by Crippen LogP contribution is 2.20. The van der Waals surface area contributed by atoms with Gasteiger partial charge in [0.05, 0.1) is 10.8 Å². The van der Waals surface area contributed by atoms with Gasteiger partial charge in [0.25, 0.3) is 0 Å². The molecule has 0 radical (unpaired) electrons. The van der Waals surface area contributed by atoms with Crippen molar-refractivity contribution in [3.05, 3.63) is 17.0 Å². The molecule has 62 valence electrons. The number of nitrogens with two attached hydrogens (primary N) is 1. The van der Waals surface area contributed by atoms with E-state index in [1.807, 2.05) is 0 Å². The number of anilines is 1. The van der Waals surface area contributed by atoms with E-state index in [4.69, 9.17) is 5.73 Å². The molecule has 0 atom stereocenters. The van der Waals surface area contributed by atoms with E-state index in [9.17, 15) is 8.42 Å². The van der Waals surface area contributed by atoms with Crippen molar-refractivity contribution in [2.75, 3.05) is 12.0 Å². The Morgan fingerprint density at radius 3 is 2.64 bits per heavy atom. The van der Waals surface area contributed by atoms with Crippen LogP contribution in [0.3, 0.4) is 0 Å². The van der Waals surface area contributed by atoms with E-state index in [2.05, 4.69) is 0 Å². The molecule has 0 saturated heterocycles. The van der Waals surface area contributed by atoms with Gasteiger partial charge in [0.15, 0.2) is 9.84 Å². The van der Waals surface area contributed by atoms with E-state index >= 15 is 0 Å². The van der Waals surface area contributed by atoms with Crippen molar-refractivity contribution in [2.24, 2.45) is 0 Å². The van der Waals surface area contributed by atoms with Crippen LogP contribution >= 0.6 is 11.3 Å². The summed E-state index contributed by atoms with van der Waals surface area (Å²) in [7, 11) is -2.94. The molecule has 0 aromatic carbocycles. The summed E-state index contributed by atoms with van der Waals surface area (Å²) in [6.07, 6.45) is 1.20. The molecule has 0 bridgehead atoms. The zero-order valence-corrected chi connectivity index (χ0v) is 7.71. The lowest BCUT2D eigenvalue weighted by atomic mass is 10.4. The highest BCUT2D eigenvalue weighted by molar-refractivity contribution is 7.89. The van der Waals surface area contributed by atoms with Crippen LogP contribution in [0.25, 0.3) is 0 Å². The molecule has 5 heteroatoms. The van der Waals surface area contributed by atoms with Crippen LogP contribution < -0.4 is 5.73 Å². The minimum absolute atomic E-state index is 0.0440. The third-order valence-electron chi connectivity index (χ3n) is 1.20. The number of rotatable bonds is 2. The Balaban J connectivity index is 2.89. The fraction of sp³-hybridized carbons (Fsp3) is 0.333. The first-order valence-electron chi connectivity index (χ1n) is 2.98. The monoisotopic (exact) mass is 191 g/mol. The molecule has 3 nitrogen and oxygen atoms in total. The SMILES string of the molecule is CS(=O)(=O)Cc1ccsc1N. The molecule has 0 aliphatic rings. The van der Waals surface area contributed by atoms with Crippen molar-refractivity contribution >= 4 is 26.2 Å². The fourth-order valence-electron chi connectivity index (χ4n) is 0.749. The lowest BCUT2D eigenvalue weighted by molar-refractivity contribution is 0.601. The number of thiophene rings is 1. The van der Waals surface area contributed by atoms with Crippen LogP contribution in [-0.4, -0.2) is 14.7 Å². The highest BCUT2D eigenvalue weighted by atomic mass is 32.2. The zero-order chi connectivity index (χ0) is 8.48. The molecule has 1 rings (SSSR count). The third-order valence-corrected chi connectivity index (χ3v) is 2.82.